The number of carbonyl (C=O) groups excluding carboxylic acids is 3. The first-order chi connectivity index (χ1) is 13.7. The predicted octanol–water partition coefficient (Wildman–Crippen LogP) is 3.63. The molecule has 0 unspecified atom stereocenters. The van der Waals surface area contributed by atoms with Gasteiger partial charge in [-0.05, 0) is 55.7 Å². The van der Waals surface area contributed by atoms with Crippen LogP contribution in [0.4, 0.5) is 10.5 Å². The van der Waals surface area contributed by atoms with E-state index in [1.165, 1.54) is 6.92 Å². The van der Waals surface area contributed by atoms with Crippen molar-refractivity contribution in [3.8, 4) is 0 Å². The number of rotatable bonds is 7. The van der Waals surface area contributed by atoms with Crippen LogP contribution in [-0.2, 0) is 14.3 Å². The highest BCUT2D eigenvalue weighted by Crippen LogP contribution is 2.21. The molecule has 0 radical (unpaired) electrons. The number of benzene rings is 2. The number of anilines is 1. The van der Waals surface area contributed by atoms with Crippen molar-refractivity contribution < 1.29 is 19.1 Å². The first-order valence-corrected chi connectivity index (χ1v) is 9.42. The Morgan fingerprint density at radius 2 is 1.76 bits per heavy atom. The van der Waals surface area contributed by atoms with E-state index in [2.05, 4.69) is 10.6 Å². The second-order valence-electron chi connectivity index (χ2n) is 6.76. The van der Waals surface area contributed by atoms with E-state index in [-0.39, 0.29) is 6.42 Å². The van der Waals surface area contributed by atoms with Gasteiger partial charge in [0.25, 0.3) is 5.91 Å². The van der Waals surface area contributed by atoms with E-state index in [0.29, 0.717) is 16.3 Å². The maximum atomic E-state index is 12.4. The number of nitrogens with one attached hydrogen (secondary N) is 2. The first-order valence-electron chi connectivity index (χ1n) is 9.04. The molecular weight excluding hydrogens is 394 g/mol. The van der Waals surface area contributed by atoms with E-state index in [9.17, 15) is 14.4 Å². The minimum Gasteiger partial charge on any atom is -0.452 e. The third-order valence-electron chi connectivity index (χ3n) is 4.29. The van der Waals surface area contributed by atoms with E-state index >= 15 is 0 Å². The molecule has 2 rings (SSSR count). The lowest BCUT2D eigenvalue weighted by Gasteiger charge is -2.19. The lowest BCUT2D eigenvalue weighted by molar-refractivity contribution is -0.153. The van der Waals surface area contributed by atoms with Crippen LogP contribution in [-0.4, -0.2) is 24.0 Å². The fourth-order valence-corrected chi connectivity index (χ4v) is 2.82. The smallest absolute Gasteiger partial charge is 0.312 e. The molecule has 154 valence electrons. The zero-order chi connectivity index (χ0) is 21.6. The number of ether oxygens (including phenoxy) is 1. The number of primary amides is 1. The molecule has 0 fully saturated rings. The zero-order valence-corrected chi connectivity index (χ0v) is 17.2. The monoisotopic (exact) mass is 417 g/mol. The Kier molecular flexibility index (Phi) is 7.61. The van der Waals surface area contributed by atoms with Crippen molar-refractivity contribution in [3.63, 3.8) is 0 Å². The second kappa shape index (κ2) is 9.93. The molecule has 7 nitrogen and oxygen atoms in total. The van der Waals surface area contributed by atoms with Crippen LogP contribution in [0.15, 0.2) is 42.5 Å². The van der Waals surface area contributed by atoms with Gasteiger partial charge in [-0.2, -0.15) is 0 Å². The molecule has 0 aliphatic carbocycles. The zero-order valence-electron chi connectivity index (χ0n) is 16.5. The van der Waals surface area contributed by atoms with Crippen LogP contribution in [0.3, 0.4) is 0 Å². The molecule has 4 N–H and O–H groups in total. The Hall–Kier alpha value is -3.06. The van der Waals surface area contributed by atoms with Gasteiger partial charge in [-0.15, -0.1) is 0 Å². The fraction of sp³-hybridized carbons (Fsp3) is 0.286. The molecule has 0 spiro atoms. The van der Waals surface area contributed by atoms with Crippen molar-refractivity contribution >= 4 is 35.2 Å². The SMILES string of the molecule is Cc1ccc(C)c(NC(=O)[C@H](C)OC(=O)C[C@H](NC(N)=O)c2ccc(Cl)cc2)c1. The van der Waals surface area contributed by atoms with Gasteiger partial charge >= 0.3 is 12.0 Å². The summed E-state index contributed by atoms with van der Waals surface area (Å²) in [5.74, 6) is -1.10. The van der Waals surface area contributed by atoms with Crippen molar-refractivity contribution in [3.05, 3.63) is 64.2 Å². The Morgan fingerprint density at radius 1 is 1.10 bits per heavy atom. The number of halogens is 1. The largest absolute Gasteiger partial charge is 0.452 e. The highest BCUT2D eigenvalue weighted by Gasteiger charge is 2.23. The number of urea groups is 1. The maximum absolute atomic E-state index is 12.4. The van der Waals surface area contributed by atoms with Crippen molar-refractivity contribution in [2.45, 2.75) is 39.3 Å². The van der Waals surface area contributed by atoms with Gasteiger partial charge in [0, 0.05) is 10.7 Å². The standard InChI is InChI=1S/C21H24ClN3O4/c1-12-4-5-13(2)17(10-12)24-20(27)14(3)29-19(26)11-18(25-21(23)28)15-6-8-16(22)9-7-15/h4-10,14,18H,11H2,1-3H3,(H,24,27)(H3,23,25,28)/t14-,18-/m0/s1. The normalized spacial score (nSPS) is 12.6. The van der Waals surface area contributed by atoms with Gasteiger partial charge in [-0.1, -0.05) is 35.9 Å². The van der Waals surface area contributed by atoms with E-state index in [0.717, 1.165) is 11.1 Å². The molecule has 8 heteroatoms. The highest BCUT2D eigenvalue weighted by atomic mass is 35.5. The van der Waals surface area contributed by atoms with Crippen LogP contribution in [0.2, 0.25) is 5.02 Å². The highest BCUT2D eigenvalue weighted by molar-refractivity contribution is 6.30. The number of carbonyl (C=O) groups is 3. The summed E-state index contributed by atoms with van der Waals surface area (Å²) in [6.45, 7) is 5.27. The fourth-order valence-electron chi connectivity index (χ4n) is 2.69. The van der Waals surface area contributed by atoms with Crippen molar-refractivity contribution in [1.29, 1.82) is 0 Å². The van der Waals surface area contributed by atoms with Crippen molar-refractivity contribution in [2.75, 3.05) is 5.32 Å². The number of aryl methyl sites for hydroxylation is 2. The molecule has 0 aliphatic heterocycles. The molecule has 2 aromatic carbocycles. The summed E-state index contributed by atoms with van der Waals surface area (Å²) >= 11 is 5.87. The molecule has 3 amide bonds. The Morgan fingerprint density at radius 3 is 2.38 bits per heavy atom. The number of hydrogen-bond donors (Lipinski definition) is 3. The number of amides is 3. The third kappa shape index (κ3) is 6.80. The average Bonchev–Trinajstić information content (AvgIpc) is 2.64. The molecular formula is C21H24ClN3O4. The predicted molar refractivity (Wildman–Crippen MR) is 112 cm³/mol. The summed E-state index contributed by atoms with van der Waals surface area (Å²) < 4.78 is 5.24. The van der Waals surface area contributed by atoms with Gasteiger partial charge in [0.2, 0.25) is 0 Å². The molecule has 2 atom stereocenters. The molecule has 0 saturated carbocycles. The minimum absolute atomic E-state index is 0.189. The molecule has 0 saturated heterocycles. The van der Waals surface area contributed by atoms with Crippen molar-refractivity contribution in [2.24, 2.45) is 5.73 Å². The number of nitrogens with two attached hydrogens (primary N) is 1. The molecule has 0 aliphatic rings. The maximum Gasteiger partial charge on any atom is 0.312 e. The molecule has 29 heavy (non-hydrogen) atoms. The lowest BCUT2D eigenvalue weighted by Crippen LogP contribution is -2.36. The van der Waals surface area contributed by atoms with Crippen LogP contribution >= 0.6 is 11.6 Å². The summed E-state index contributed by atoms with van der Waals surface area (Å²) in [6.07, 6.45) is -1.20. The van der Waals surface area contributed by atoms with Crippen LogP contribution in [0, 0.1) is 13.8 Å². The Labute approximate surface area is 174 Å². The second-order valence-corrected chi connectivity index (χ2v) is 7.19. The molecule has 0 bridgehead atoms. The quantitative estimate of drug-likeness (QED) is 0.597. The summed E-state index contributed by atoms with van der Waals surface area (Å²) in [5, 5.41) is 5.78. The van der Waals surface area contributed by atoms with Gasteiger partial charge in [0.05, 0.1) is 12.5 Å². The van der Waals surface area contributed by atoms with Gasteiger partial charge in [-0.25, -0.2) is 4.79 Å². The van der Waals surface area contributed by atoms with Gasteiger partial charge in [-0.3, -0.25) is 9.59 Å². The van der Waals surface area contributed by atoms with Gasteiger partial charge < -0.3 is 21.1 Å². The summed E-state index contributed by atoms with van der Waals surface area (Å²) in [5.41, 5.74) is 8.40. The van der Waals surface area contributed by atoms with Crippen LogP contribution in [0.1, 0.15) is 36.1 Å². The third-order valence-corrected chi connectivity index (χ3v) is 4.54. The average molecular weight is 418 g/mol. The summed E-state index contributed by atoms with van der Waals surface area (Å²) in [7, 11) is 0. The van der Waals surface area contributed by atoms with E-state index in [1.807, 2.05) is 32.0 Å². The lowest BCUT2D eigenvalue weighted by atomic mass is 10.0. The van der Waals surface area contributed by atoms with Gasteiger partial charge in [0.15, 0.2) is 6.10 Å². The van der Waals surface area contributed by atoms with E-state index in [1.54, 1.807) is 24.3 Å². The van der Waals surface area contributed by atoms with Crippen LogP contribution in [0.25, 0.3) is 0 Å². The number of hydrogen-bond acceptors (Lipinski definition) is 4. The van der Waals surface area contributed by atoms with Crippen LogP contribution in [0.5, 0.6) is 0 Å². The van der Waals surface area contributed by atoms with Gasteiger partial charge in [0.1, 0.15) is 0 Å². The minimum atomic E-state index is -1.01. The van der Waals surface area contributed by atoms with E-state index in [4.69, 9.17) is 22.1 Å². The first kappa shape index (κ1) is 22.2. The molecule has 0 heterocycles. The summed E-state index contributed by atoms with van der Waals surface area (Å²) in [4.78, 5) is 36.0. The number of esters is 1. The molecule has 0 aromatic heterocycles. The van der Waals surface area contributed by atoms with E-state index < -0.39 is 30.1 Å². The topological polar surface area (TPSA) is 111 Å². The Balaban J connectivity index is 2.00. The Bertz CT molecular complexity index is 899. The van der Waals surface area contributed by atoms with Crippen molar-refractivity contribution in [1.82, 2.24) is 5.32 Å². The molecule has 2 aromatic rings. The van der Waals surface area contributed by atoms with Crippen LogP contribution < -0.4 is 16.4 Å². The summed E-state index contributed by atoms with van der Waals surface area (Å²) in [6, 6.07) is 10.8.